The maximum atomic E-state index is 11.5. The molecule has 1 aromatic heterocycles. The number of hydrogen-bond acceptors (Lipinski definition) is 4. The molecule has 2 aliphatic rings. The zero-order valence-corrected chi connectivity index (χ0v) is 12.0. The number of carbonyl (C=O) groups is 1. The summed E-state index contributed by atoms with van der Waals surface area (Å²) in [6, 6.07) is 2.08. The highest BCUT2D eigenvalue weighted by Crippen LogP contribution is 2.32. The highest BCUT2D eigenvalue weighted by molar-refractivity contribution is 5.92. The molecular weight excluding hydrogens is 252 g/mol. The fourth-order valence-corrected chi connectivity index (χ4v) is 3.25. The molecule has 2 aliphatic heterocycles. The second-order valence-electron chi connectivity index (χ2n) is 5.73. The van der Waals surface area contributed by atoms with Gasteiger partial charge in [0.25, 0.3) is 5.91 Å². The molecule has 0 saturated carbocycles. The number of anilines is 1. The highest BCUT2D eigenvalue weighted by atomic mass is 16.1. The van der Waals surface area contributed by atoms with E-state index < -0.39 is 5.91 Å². The molecule has 0 bridgehead atoms. The van der Waals surface area contributed by atoms with Crippen LogP contribution in [0.1, 0.15) is 54.0 Å². The van der Waals surface area contributed by atoms with Crippen molar-refractivity contribution in [2.24, 2.45) is 5.73 Å². The van der Waals surface area contributed by atoms with Gasteiger partial charge in [-0.15, -0.1) is 0 Å². The van der Waals surface area contributed by atoms with Crippen molar-refractivity contribution >= 4 is 11.6 Å². The van der Waals surface area contributed by atoms with Crippen LogP contribution >= 0.6 is 0 Å². The number of aromatic nitrogens is 1. The van der Waals surface area contributed by atoms with Crippen LogP contribution in [0, 0.1) is 0 Å². The number of amides is 1. The van der Waals surface area contributed by atoms with Crippen molar-refractivity contribution in [1.29, 1.82) is 0 Å². The number of nitrogens with two attached hydrogens (primary N) is 1. The zero-order chi connectivity index (χ0) is 14.1. The predicted molar refractivity (Wildman–Crippen MR) is 78.9 cm³/mol. The molecule has 3 N–H and O–H groups in total. The average molecular weight is 274 g/mol. The summed E-state index contributed by atoms with van der Waals surface area (Å²) in [5, 5.41) is 3.40. The first-order valence-corrected chi connectivity index (χ1v) is 7.49. The molecule has 3 rings (SSSR count). The van der Waals surface area contributed by atoms with Crippen molar-refractivity contribution in [3.63, 3.8) is 0 Å². The van der Waals surface area contributed by atoms with Crippen molar-refractivity contribution in [1.82, 2.24) is 10.3 Å². The Labute approximate surface area is 119 Å². The van der Waals surface area contributed by atoms with Crippen LogP contribution in [0.2, 0.25) is 0 Å². The Balaban J connectivity index is 2.08. The predicted octanol–water partition coefficient (Wildman–Crippen LogP) is 1.38. The van der Waals surface area contributed by atoms with Gasteiger partial charge in [-0.25, -0.2) is 4.98 Å². The van der Waals surface area contributed by atoms with Gasteiger partial charge in [-0.3, -0.25) is 4.79 Å². The minimum Gasteiger partial charge on any atom is -0.371 e. The van der Waals surface area contributed by atoms with E-state index in [9.17, 15) is 4.79 Å². The van der Waals surface area contributed by atoms with Crippen LogP contribution in [0.4, 0.5) is 5.69 Å². The minimum absolute atomic E-state index is 0.182. The molecule has 1 saturated heterocycles. The van der Waals surface area contributed by atoms with Crippen LogP contribution in [0.3, 0.4) is 0 Å². The van der Waals surface area contributed by atoms with Crippen LogP contribution in [-0.4, -0.2) is 30.5 Å². The van der Waals surface area contributed by atoms with Gasteiger partial charge in [0.2, 0.25) is 0 Å². The van der Waals surface area contributed by atoms with Gasteiger partial charge in [0, 0.05) is 24.8 Å². The fraction of sp³-hybridized carbons (Fsp3) is 0.600. The van der Waals surface area contributed by atoms with Crippen LogP contribution in [0.5, 0.6) is 0 Å². The number of nitrogens with one attached hydrogen (secondary N) is 1. The lowest BCUT2D eigenvalue weighted by Crippen LogP contribution is -2.35. The smallest absolute Gasteiger partial charge is 0.267 e. The lowest BCUT2D eigenvalue weighted by Gasteiger charge is -2.34. The number of pyridine rings is 1. The Morgan fingerprint density at radius 1 is 1.40 bits per heavy atom. The van der Waals surface area contributed by atoms with E-state index in [2.05, 4.69) is 22.1 Å². The molecule has 0 aliphatic carbocycles. The van der Waals surface area contributed by atoms with E-state index in [4.69, 9.17) is 5.73 Å². The van der Waals surface area contributed by atoms with Crippen LogP contribution in [0.25, 0.3) is 0 Å². The van der Waals surface area contributed by atoms with Crippen molar-refractivity contribution < 1.29 is 4.79 Å². The normalized spacial score (nSPS) is 22.4. The number of piperidine rings is 1. The molecule has 1 atom stereocenters. The molecule has 5 nitrogen and oxygen atoms in total. The SMILES string of the molecule is CC1NCCc2c(N3CCCCC3)cc(C(N)=O)nc21. The summed E-state index contributed by atoms with van der Waals surface area (Å²) < 4.78 is 0. The van der Waals surface area contributed by atoms with Gasteiger partial charge in [0.1, 0.15) is 5.69 Å². The first-order chi connectivity index (χ1) is 9.66. The standard InChI is InChI=1S/C15H22N4O/c1-10-14-11(5-6-17-10)13(9-12(18-14)15(16)20)19-7-3-2-4-8-19/h9-10,17H,2-8H2,1H3,(H2,16,20). The third kappa shape index (κ3) is 2.38. The van der Waals surface area contributed by atoms with Crippen LogP contribution < -0.4 is 16.0 Å². The fourth-order valence-electron chi connectivity index (χ4n) is 3.25. The number of primary amides is 1. The van der Waals surface area contributed by atoms with E-state index in [0.29, 0.717) is 5.69 Å². The minimum atomic E-state index is -0.441. The molecule has 108 valence electrons. The molecule has 20 heavy (non-hydrogen) atoms. The van der Waals surface area contributed by atoms with Gasteiger partial charge in [0.05, 0.1) is 5.69 Å². The number of rotatable bonds is 2. The molecule has 5 heteroatoms. The molecule has 1 aromatic rings. The van der Waals surface area contributed by atoms with Crippen molar-refractivity contribution in [2.75, 3.05) is 24.5 Å². The Morgan fingerprint density at radius 3 is 2.85 bits per heavy atom. The average Bonchev–Trinajstić information content (AvgIpc) is 2.47. The summed E-state index contributed by atoms with van der Waals surface area (Å²) in [7, 11) is 0. The van der Waals surface area contributed by atoms with Crippen molar-refractivity contribution in [3.05, 3.63) is 23.0 Å². The van der Waals surface area contributed by atoms with Crippen LogP contribution in [-0.2, 0) is 6.42 Å². The van der Waals surface area contributed by atoms with Gasteiger partial charge in [-0.2, -0.15) is 0 Å². The molecule has 1 amide bonds. The summed E-state index contributed by atoms with van der Waals surface area (Å²) in [6.45, 7) is 5.19. The maximum absolute atomic E-state index is 11.5. The summed E-state index contributed by atoms with van der Waals surface area (Å²) in [6.07, 6.45) is 4.70. The first-order valence-electron chi connectivity index (χ1n) is 7.49. The summed E-state index contributed by atoms with van der Waals surface area (Å²) in [5.74, 6) is -0.441. The Kier molecular flexibility index (Phi) is 3.61. The number of fused-ring (bicyclic) bond motifs is 1. The number of nitrogens with zero attached hydrogens (tertiary/aromatic N) is 2. The van der Waals surface area contributed by atoms with Gasteiger partial charge in [-0.1, -0.05) is 0 Å². The van der Waals surface area contributed by atoms with E-state index in [1.807, 2.05) is 6.07 Å². The monoisotopic (exact) mass is 274 g/mol. The molecule has 1 unspecified atom stereocenters. The second kappa shape index (κ2) is 5.40. The van der Waals surface area contributed by atoms with E-state index in [1.54, 1.807) is 0 Å². The van der Waals surface area contributed by atoms with Crippen molar-refractivity contribution in [2.45, 2.75) is 38.6 Å². The van der Waals surface area contributed by atoms with E-state index in [0.717, 1.165) is 31.7 Å². The Morgan fingerprint density at radius 2 is 2.15 bits per heavy atom. The Hall–Kier alpha value is -1.62. The molecule has 0 radical (unpaired) electrons. The molecule has 0 aromatic carbocycles. The van der Waals surface area contributed by atoms with Crippen molar-refractivity contribution in [3.8, 4) is 0 Å². The van der Waals surface area contributed by atoms with Gasteiger partial charge < -0.3 is 16.0 Å². The molecular formula is C15H22N4O. The number of hydrogen-bond donors (Lipinski definition) is 2. The third-order valence-electron chi connectivity index (χ3n) is 4.32. The second-order valence-corrected chi connectivity index (χ2v) is 5.73. The lowest BCUT2D eigenvalue weighted by molar-refractivity contribution is 0.0995. The first kappa shape index (κ1) is 13.4. The molecule has 1 fully saturated rings. The van der Waals surface area contributed by atoms with Gasteiger partial charge >= 0.3 is 0 Å². The van der Waals surface area contributed by atoms with E-state index in [-0.39, 0.29) is 6.04 Å². The summed E-state index contributed by atoms with van der Waals surface area (Å²) >= 11 is 0. The van der Waals surface area contributed by atoms with Gasteiger partial charge in [0.15, 0.2) is 0 Å². The maximum Gasteiger partial charge on any atom is 0.267 e. The van der Waals surface area contributed by atoms with E-state index >= 15 is 0 Å². The summed E-state index contributed by atoms with van der Waals surface area (Å²) in [4.78, 5) is 18.4. The summed E-state index contributed by atoms with van der Waals surface area (Å²) in [5.41, 5.74) is 9.31. The third-order valence-corrected chi connectivity index (χ3v) is 4.32. The largest absolute Gasteiger partial charge is 0.371 e. The highest BCUT2D eigenvalue weighted by Gasteiger charge is 2.25. The quantitative estimate of drug-likeness (QED) is 0.854. The topological polar surface area (TPSA) is 71.2 Å². The van der Waals surface area contributed by atoms with Gasteiger partial charge in [-0.05, 0) is 50.8 Å². The number of carbonyl (C=O) groups excluding carboxylic acids is 1. The lowest BCUT2D eigenvalue weighted by atomic mass is 9.96. The van der Waals surface area contributed by atoms with Crippen LogP contribution in [0.15, 0.2) is 6.07 Å². The molecule has 3 heterocycles. The Bertz CT molecular complexity index is 523. The molecule has 0 spiro atoms. The van der Waals surface area contributed by atoms with E-state index in [1.165, 1.54) is 30.5 Å². The zero-order valence-electron chi connectivity index (χ0n) is 12.0.